The maximum atomic E-state index is 13.1. The first kappa shape index (κ1) is 17.5. The second kappa shape index (κ2) is 7.30. The number of carbonyl (C=O) groups excluding carboxylic acids is 1. The van der Waals surface area contributed by atoms with Crippen molar-refractivity contribution in [3.8, 4) is 11.4 Å². The Morgan fingerprint density at radius 3 is 2.52 bits per heavy atom. The molecule has 0 aliphatic carbocycles. The van der Waals surface area contributed by atoms with Crippen molar-refractivity contribution in [3.63, 3.8) is 0 Å². The predicted octanol–water partition coefficient (Wildman–Crippen LogP) is 3.56. The maximum Gasteiger partial charge on any atom is 0.222 e. The largest absolute Gasteiger partial charge is 0.342 e. The van der Waals surface area contributed by atoms with E-state index in [1.54, 1.807) is 12.1 Å². The number of halogens is 1. The highest BCUT2D eigenvalue weighted by molar-refractivity contribution is 5.76. The lowest BCUT2D eigenvalue weighted by Crippen LogP contribution is -2.33. The molecule has 0 bridgehead atoms. The number of aromatic nitrogens is 2. The summed E-state index contributed by atoms with van der Waals surface area (Å²) in [4.78, 5) is 23.6. The van der Waals surface area contributed by atoms with Crippen LogP contribution in [0.25, 0.3) is 11.4 Å². The van der Waals surface area contributed by atoms with E-state index in [4.69, 9.17) is 4.98 Å². The normalized spacial score (nSPS) is 14.4. The molecule has 0 saturated carbocycles. The number of amides is 1. The van der Waals surface area contributed by atoms with Gasteiger partial charge < -0.3 is 4.90 Å². The van der Waals surface area contributed by atoms with Crippen LogP contribution in [0.2, 0.25) is 0 Å². The number of nitrogens with zero attached hydrogens (tertiary/aromatic N) is 3. The molecule has 1 aliphatic heterocycles. The minimum atomic E-state index is -0.269. The van der Waals surface area contributed by atoms with Crippen molar-refractivity contribution < 1.29 is 9.18 Å². The molecule has 0 fully saturated rings. The number of carbonyl (C=O) groups is 1. The van der Waals surface area contributed by atoms with Crippen molar-refractivity contribution in [2.75, 3.05) is 13.1 Å². The van der Waals surface area contributed by atoms with E-state index in [2.05, 4.69) is 18.8 Å². The van der Waals surface area contributed by atoms with E-state index in [1.807, 2.05) is 11.8 Å². The molecule has 5 heteroatoms. The van der Waals surface area contributed by atoms with Gasteiger partial charge in [0.15, 0.2) is 5.82 Å². The van der Waals surface area contributed by atoms with Gasteiger partial charge in [-0.15, -0.1) is 0 Å². The van der Waals surface area contributed by atoms with Crippen LogP contribution in [0.1, 0.15) is 37.2 Å². The Bertz CT molecular complexity index is 771. The van der Waals surface area contributed by atoms with Crippen LogP contribution < -0.4 is 0 Å². The summed E-state index contributed by atoms with van der Waals surface area (Å²) in [5.41, 5.74) is 3.91. The van der Waals surface area contributed by atoms with Crippen molar-refractivity contribution in [3.05, 3.63) is 47.0 Å². The van der Waals surface area contributed by atoms with Gasteiger partial charge in [0.05, 0.1) is 0 Å². The van der Waals surface area contributed by atoms with Crippen LogP contribution in [-0.4, -0.2) is 33.9 Å². The monoisotopic (exact) mass is 341 g/mol. The zero-order chi connectivity index (χ0) is 18.0. The van der Waals surface area contributed by atoms with Crippen LogP contribution in [0.3, 0.4) is 0 Å². The fourth-order valence-electron chi connectivity index (χ4n) is 3.24. The van der Waals surface area contributed by atoms with Gasteiger partial charge in [-0.25, -0.2) is 14.4 Å². The predicted molar refractivity (Wildman–Crippen MR) is 95.6 cm³/mol. The van der Waals surface area contributed by atoms with Crippen molar-refractivity contribution >= 4 is 5.91 Å². The fourth-order valence-corrected chi connectivity index (χ4v) is 3.24. The highest BCUT2D eigenvalue weighted by Crippen LogP contribution is 2.23. The van der Waals surface area contributed by atoms with Gasteiger partial charge in [0.1, 0.15) is 5.82 Å². The SMILES string of the molecule is Cc1nc(-c2ccc(F)cc2)nc2c1CCN(C(=O)CC(C)C)CC2. The molecule has 0 spiro atoms. The van der Waals surface area contributed by atoms with E-state index in [-0.39, 0.29) is 11.7 Å². The number of aryl methyl sites for hydroxylation is 1. The Morgan fingerprint density at radius 2 is 1.84 bits per heavy atom. The molecular weight excluding hydrogens is 317 g/mol. The summed E-state index contributed by atoms with van der Waals surface area (Å²) in [6.07, 6.45) is 2.10. The van der Waals surface area contributed by atoms with Gasteiger partial charge >= 0.3 is 0 Å². The van der Waals surface area contributed by atoms with Crippen LogP contribution in [0, 0.1) is 18.7 Å². The van der Waals surface area contributed by atoms with Crippen molar-refractivity contribution in [1.29, 1.82) is 0 Å². The molecular formula is C20H24FN3O. The highest BCUT2D eigenvalue weighted by atomic mass is 19.1. The van der Waals surface area contributed by atoms with Crippen LogP contribution in [0.5, 0.6) is 0 Å². The van der Waals surface area contributed by atoms with E-state index in [0.29, 0.717) is 24.7 Å². The van der Waals surface area contributed by atoms with Gasteiger partial charge in [0.2, 0.25) is 5.91 Å². The van der Waals surface area contributed by atoms with Crippen LogP contribution in [0.4, 0.5) is 4.39 Å². The Labute approximate surface area is 148 Å². The number of benzene rings is 1. The lowest BCUT2D eigenvalue weighted by molar-refractivity contribution is -0.131. The van der Waals surface area contributed by atoms with Gasteiger partial charge in [0, 0.05) is 42.9 Å². The lowest BCUT2D eigenvalue weighted by Gasteiger charge is -2.21. The second-order valence-corrected chi connectivity index (χ2v) is 7.04. The molecule has 2 aromatic rings. The third-order valence-corrected chi connectivity index (χ3v) is 4.59. The van der Waals surface area contributed by atoms with Crippen LogP contribution in [-0.2, 0) is 17.6 Å². The summed E-state index contributed by atoms with van der Waals surface area (Å²) in [5.74, 6) is 0.935. The maximum absolute atomic E-state index is 13.1. The smallest absolute Gasteiger partial charge is 0.222 e. The van der Waals surface area contributed by atoms with E-state index in [1.165, 1.54) is 12.1 Å². The zero-order valence-electron chi connectivity index (χ0n) is 15.1. The molecule has 2 heterocycles. The van der Waals surface area contributed by atoms with Gasteiger partial charge in [-0.3, -0.25) is 4.79 Å². The average molecular weight is 341 g/mol. The third kappa shape index (κ3) is 4.03. The Kier molecular flexibility index (Phi) is 5.11. The number of fused-ring (bicyclic) bond motifs is 1. The minimum absolute atomic E-state index is 0.215. The summed E-state index contributed by atoms with van der Waals surface area (Å²) in [7, 11) is 0. The molecule has 25 heavy (non-hydrogen) atoms. The van der Waals surface area contributed by atoms with Gasteiger partial charge in [0.25, 0.3) is 0 Å². The topological polar surface area (TPSA) is 46.1 Å². The van der Waals surface area contributed by atoms with E-state index in [9.17, 15) is 9.18 Å². The minimum Gasteiger partial charge on any atom is -0.342 e. The molecule has 0 N–H and O–H groups in total. The lowest BCUT2D eigenvalue weighted by atomic mass is 10.1. The molecule has 0 unspecified atom stereocenters. The van der Waals surface area contributed by atoms with Crippen LogP contribution >= 0.6 is 0 Å². The number of rotatable bonds is 3. The summed E-state index contributed by atoms with van der Waals surface area (Å²) in [6, 6.07) is 6.25. The third-order valence-electron chi connectivity index (χ3n) is 4.59. The summed E-state index contributed by atoms with van der Waals surface area (Å²) in [6.45, 7) is 7.53. The molecule has 0 saturated heterocycles. The second-order valence-electron chi connectivity index (χ2n) is 7.04. The van der Waals surface area contributed by atoms with E-state index >= 15 is 0 Å². The Morgan fingerprint density at radius 1 is 1.16 bits per heavy atom. The Balaban J connectivity index is 1.84. The number of hydrogen-bond acceptors (Lipinski definition) is 3. The molecule has 3 rings (SSSR count). The molecule has 1 amide bonds. The molecule has 1 aromatic carbocycles. The molecule has 1 aromatic heterocycles. The first-order valence-corrected chi connectivity index (χ1v) is 8.84. The van der Waals surface area contributed by atoms with Crippen molar-refractivity contribution in [2.24, 2.45) is 5.92 Å². The first-order valence-electron chi connectivity index (χ1n) is 8.84. The van der Waals surface area contributed by atoms with Crippen molar-refractivity contribution in [2.45, 2.75) is 40.0 Å². The molecule has 0 radical (unpaired) electrons. The van der Waals surface area contributed by atoms with Gasteiger partial charge in [-0.2, -0.15) is 0 Å². The van der Waals surface area contributed by atoms with Crippen molar-refractivity contribution in [1.82, 2.24) is 14.9 Å². The summed E-state index contributed by atoms with van der Waals surface area (Å²) < 4.78 is 13.1. The molecule has 4 nitrogen and oxygen atoms in total. The summed E-state index contributed by atoms with van der Waals surface area (Å²) in [5, 5.41) is 0. The number of hydrogen-bond donors (Lipinski definition) is 0. The molecule has 1 aliphatic rings. The zero-order valence-corrected chi connectivity index (χ0v) is 15.1. The van der Waals surface area contributed by atoms with Crippen LogP contribution in [0.15, 0.2) is 24.3 Å². The molecule has 132 valence electrons. The van der Waals surface area contributed by atoms with Gasteiger partial charge in [-0.1, -0.05) is 13.8 Å². The fraction of sp³-hybridized carbons (Fsp3) is 0.450. The van der Waals surface area contributed by atoms with E-state index < -0.39 is 0 Å². The average Bonchev–Trinajstić information content (AvgIpc) is 2.78. The Hall–Kier alpha value is -2.30. The standard InChI is InChI=1S/C20H24FN3O/c1-13(2)12-19(25)24-10-8-17-14(3)22-20(23-18(17)9-11-24)15-4-6-16(21)7-5-15/h4-7,13H,8-12H2,1-3H3. The summed E-state index contributed by atoms with van der Waals surface area (Å²) >= 11 is 0. The highest BCUT2D eigenvalue weighted by Gasteiger charge is 2.22. The quantitative estimate of drug-likeness (QED) is 0.857. The molecule has 0 atom stereocenters. The van der Waals surface area contributed by atoms with Gasteiger partial charge in [-0.05, 0) is 49.1 Å². The van der Waals surface area contributed by atoms with E-state index in [0.717, 1.165) is 41.9 Å². The first-order chi connectivity index (χ1) is 11.9.